The first-order valence-electron chi connectivity index (χ1n) is 10.4. The molecule has 0 aliphatic heterocycles. The number of ether oxygens (including phenoxy) is 1. The van der Waals surface area contributed by atoms with Crippen LogP contribution in [0.15, 0.2) is 59.5 Å². The van der Waals surface area contributed by atoms with E-state index in [0.717, 1.165) is 0 Å². The Morgan fingerprint density at radius 2 is 1.70 bits per heavy atom. The molecule has 0 atom stereocenters. The summed E-state index contributed by atoms with van der Waals surface area (Å²) >= 11 is 0. The van der Waals surface area contributed by atoms with Gasteiger partial charge in [-0.25, -0.2) is 8.42 Å². The zero-order valence-electron chi connectivity index (χ0n) is 18.8. The van der Waals surface area contributed by atoms with Crippen LogP contribution in [0.1, 0.15) is 33.3 Å². The number of alkyl halides is 3. The fourth-order valence-electron chi connectivity index (χ4n) is 3.08. The van der Waals surface area contributed by atoms with Crippen LogP contribution in [-0.2, 0) is 14.8 Å². The number of anilines is 1. The largest absolute Gasteiger partial charge is 0.489 e. The highest BCUT2D eigenvalue weighted by atomic mass is 32.2. The van der Waals surface area contributed by atoms with Gasteiger partial charge < -0.3 is 10.1 Å². The van der Waals surface area contributed by atoms with E-state index in [4.69, 9.17) is 4.74 Å². The van der Waals surface area contributed by atoms with E-state index < -0.39 is 27.7 Å². The van der Waals surface area contributed by atoms with Crippen LogP contribution in [0.3, 0.4) is 0 Å². The van der Waals surface area contributed by atoms with Crippen LogP contribution < -0.4 is 10.1 Å². The Morgan fingerprint density at radius 3 is 2.21 bits per heavy atom. The molecule has 2 rings (SSSR count). The standard InChI is InChI=1S/C23H27F3N2O4S/c1-5-28(6-2)33(30,31)18-12-13-21(32-16(3)4)20(14-18)27-22(29)15-19(23(24,25)26)17-10-8-7-9-11-17/h7-16H,5-6H2,1-4H3,(H,27,29)/b19-15-. The van der Waals surface area contributed by atoms with Gasteiger partial charge in [0.2, 0.25) is 15.9 Å². The van der Waals surface area contributed by atoms with Crippen molar-refractivity contribution in [2.75, 3.05) is 18.4 Å². The van der Waals surface area contributed by atoms with Crippen molar-refractivity contribution < 1.29 is 31.1 Å². The molecular weight excluding hydrogens is 457 g/mol. The fourth-order valence-corrected chi connectivity index (χ4v) is 4.57. The van der Waals surface area contributed by atoms with Crippen molar-refractivity contribution in [2.45, 2.75) is 44.9 Å². The van der Waals surface area contributed by atoms with Crippen LogP contribution in [-0.4, -0.2) is 44.0 Å². The summed E-state index contributed by atoms with van der Waals surface area (Å²) < 4.78 is 73.3. The van der Waals surface area contributed by atoms with E-state index in [2.05, 4.69) is 5.32 Å². The summed E-state index contributed by atoms with van der Waals surface area (Å²) in [6, 6.07) is 10.8. The number of hydrogen-bond donors (Lipinski definition) is 1. The molecule has 0 spiro atoms. The number of rotatable bonds is 9. The number of carbonyl (C=O) groups excluding carboxylic acids is 1. The second-order valence-corrected chi connectivity index (χ2v) is 9.26. The lowest BCUT2D eigenvalue weighted by Gasteiger charge is -2.20. The number of hydrogen-bond acceptors (Lipinski definition) is 4. The highest BCUT2D eigenvalue weighted by Gasteiger charge is 2.35. The zero-order valence-corrected chi connectivity index (χ0v) is 19.6. The molecule has 0 aliphatic rings. The number of allylic oxidation sites excluding steroid dienone is 1. The lowest BCUT2D eigenvalue weighted by atomic mass is 10.1. The molecule has 0 radical (unpaired) electrons. The Bertz CT molecular complexity index is 1090. The van der Waals surface area contributed by atoms with E-state index in [1.165, 1.54) is 46.8 Å². The predicted octanol–water partition coefficient (Wildman–Crippen LogP) is 5.09. The van der Waals surface area contributed by atoms with Gasteiger partial charge in [0.1, 0.15) is 5.75 Å². The van der Waals surface area contributed by atoms with Gasteiger partial charge in [-0.1, -0.05) is 44.2 Å². The Balaban J connectivity index is 2.50. The van der Waals surface area contributed by atoms with Crippen molar-refractivity contribution in [1.82, 2.24) is 4.31 Å². The van der Waals surface area contributed by atoms with Gasteiger partial charge >= 0.3 is 6.18 Å². The van der Waals surface area contributed by atoms with E-state index >= 15 is 0 Å². The monoisotopic (exact) mass is 484 g/mol. The molecule has 2 aromatic rings. The summed E-state index contributed by atoms with van der Waals surface area (Å²) in [6.07, 6.45) is -4.65. The first kappa shape index (κ1) is 26.4. The Labute approximate surface area is 192 Å². The van der Waals surface area contributed by atoms with Crippen LogP contribution in [0.5, 0.6) is 5.75 Å². The number of halogens is 3. The molecule has 0 saturated heterocycles. The third-order valence-electron chi connectivity index (χ3n) is 4.58. The minimum Gasteiger partial charge on any atom is -0.489 e. The maximum absolute atomic E-state index is 13.6. The third kappa shape index (κ3) is 6.82. The average molecular weight is 485 g/mol. The van der Waals surface area contributed by atoms with E-state index in [1.54, 1.807) is 33.8 Å². The summed E-state index contributed by atoms with van der Waals surface area (Å²) in [7, 11) is -3.86. The summed E-state index contributed by atoms with van der Waals surface area (Å²) in [5, 5.41) is 2.35. The molecular formula is C23H27F3N2O4S. The Kier molecular flexibility index (Phi) is 8.68. The minimum atomic E-state index is -4.77. The molecule has 10 heteroatoms. The van der Waals surface area contributed by atoms with Gasteiger partial charge in [0.15, 0.2) is 0 Å². The van der Waals surface area contributed by atoms with Crippen molar-refractivity contribution in [3.05, 3.63) is 60.2 Å². The van der Waals surface area contributed by atoms with Crippen LogP contribution in [0.25, 0.3) is 5.57 Å². The van der Waals surface area contributed by atoms with Crippen LogP contribution >= 0.6 is 0 Å². The summed E-state index contributed by atoms with van der Waals surface area (Å²) in [6.45, 7) is 7.30. The van der Waals surface area contributed by atoms with Gasteiger partial charge in [-0.05, 0) is 37.6 Å². The molecule has 0 aromatic heterocycles. The van der Waals surface area contributed by atoms with Gasteiger partial charge in [0.25, 0.3) is 0 Å². The van der Waals surface area contributed by atoms with Gasteiger partial charge in [0.05, 0.1) is 22.3 Å². The fraction of sp³-hybridized carbons (Fsp3) is 0.348. The van der Waals surface area contributed by atoms with E-state index in [9.17, 15) is 26.4 Å². The summed E-state index contributed by atoms with van der Waals surface area (Å²) in [4.78, 5) is 12.5. The van der Waals surface area contributed by atoms with Gasteiger partial charge in [-0.3, -0.25) is 4.79 Å². The van der Waals surface area contributed by atoms with E-state index in [0.29, 0.717) is 6.08 Å². The first-order chi connectivity index (χ1) is 15.4. The van der Waals surface area contributed by atoms with Crippen LogP contribution in [0, 0.1) is 0 Å². The molecule has 0 saturated carbocycles. The highest BCUT2D eigenvalue weighted by molar-refractivity contribution is 7.89. The molecule has 0 fully saturated rings. The minimum absolute atomic E-state index is 0.0484. The summed E-state index contributed by atoms with van der Waals surface area (Å²) in [5.74, 6) is -0.935. The number of carbonyl (C=O) groups is 1. The number of amides is 1. The smallest absolute Gasteiger partial charge is 0.417 e. The van der Waals surface area contributed by atoms with Crippen molar-refractivity contribution in [3.63, 3.8) is 0 Å². The SMILES string of the molecule is CCN(CC)S(=O)(=O)c1ccc(OC(C)C)c(NC(=O)/C=C(/c2ccccc2)C(F)(F)F)c1. The summed E-state index contributed by atoms with van der Waals surface area (Å²) in [5.41, 5.74) is -1.34. The van der Waals surface area contributed by atoms with Gasteiger partial charge in [-0.2, -0.15) is 17.5 Å². The number of nitrogens with one attached hydrogen (secondary N) is 1. The Hall–Kier alpha value is -2.85. The van der Waals surface area contributed by atoms with E-state index in [1.807, 2.05) is 0 Å². The van der Waals surface area contributed by atoms with E-state index in [-0.39, 0.29) is 41.1 Å². The zero-order chi connectivity index (χ0) is 24.8. The van der Waals surface area contributed by atoms with Crippen molar-refractivity contribution in [1.29, 1.82) is 0 Å². The third-order valence-corrected chi connectivity index (χ3v) is 6.63. The normalized spacial score (nSPS) is 12.8. The lowest BCUT2D eigenvalue weighted by Crippen LogP contribution is -2.30. The number of benzene rings is 2. The number of sulfonamides is 1. The highest BCUT2D eigenvalue weighted by Crippen LogP contribution is 2.34. The molecule has 0 aliphatic carbocycles. The molecule has 0 unspecified atom stereocenters. The van der Waals surface area contributed by atoms with Crippen LogP contribution in [0.4, 0.5) is 18.9 Å². The molecule has 6 nitrogen and oxygen atoms in total. The lowest BCUT2D eigenvalue weighted by molar-refractivity contribution is -0.112. The van der Waals surface area contributed by atoms with Crippen molar-refractivity contribution >= 4 is 27.2 Å². The molecule has 1 amide bonds. The second-order valence-electron chi connectivity index (χ2n) is 7.32. The molecule has 180 valence electrons. The van der Waals surface area contributed by atoms with Crippen LogP contribution in [0.2, 0.25) is 0 Å². The quantitative estimate of drug-likeness (QED) is 0.503. The van der Waals surface area contributed by atoms with Gasteiger partial charge in [0, 0.05) is 19.2 Å². The number of nitrogens with zero attached hydrogens (tertiary/aromatic N) is 1. The van der Waals surface area contributed by atoms with Crippen molar-refractivity contribution in [3.8, 4) is 5.75 Å². The molecule has 1 N–H and O–H groups in total. The average Bonchev–Trinajstić information content (AvgIpc) is 2.73. The molecule has 33 heavy (non-hydrogen) atoms. The first-order valence-corrected chi connectivity index (χ1v) is 11.8. The van der Waals surface area contributed by atoms with Crippen molar-refractivity contribution in [2.24, 2.45) is 0 Å². The molecule has 2 aromatic carbocycles. The topological polar surface area (TPSA) is 75.7 Å². The molecule has 0 heterocycles. The molecule has 0 bridgehead atoms. The van der Waals surface area contributed by atoms with Gasteiger partial charge in [-0.15, -0.1) is 0 Å². The maximum Gasteiger partial charge on any atom is 0.417 e. The predicted molar refractivity (Wildman–Crippen MR) is 121 cm³/mol. The maximum atomic E-state index is 13.6. The Morgan fingerprint density at radius 1 is 1.09 bits per heavy atom. The second kappa shape index (κ2) is 10.8.